The van der Waals surface area contributed by atoms with Gasteiger partial charge in [-0.15, -0.1) is 0 Å². The largest absolute Gasteiger partial charge is 0.378 e. The highest BCUT2D eigenvalue weighted by atomic mass is 15.3. The molecular weight excluding hydrogens is 314 g/mol. The summed E-state index contributed by atoms with van der Waals surface area (Å²) >= 11 is 0. The number of H-pyrrole nitrogens is 1. The van der Waals surface area contributed by atoms with Crippen molar-refractivity contribution in [3.63, 3.8) is 0 Å². The minimum absolute atomic E-state index is 0.721. The molecule has 0 aliphatic carbocycles. The van der Waals surface area contributed by atoms with Gasteiger partial charge in [-0.25, -0.2) is 4.98 Å². The van der Waals surface area contributed by atoms with Crippen LogP contribution in [0.1, 0.15) is 11.5 Å². The number of hydrogen-bond donors (Lipinski definition) is 2. The molecule has 4 rings (SSSR count). The number of imidazole rings is 1. The Morgan fingerprint density at radius 1 is 1.20 bits per heavy atom. The highest BCUT2D eigenvalue weighted by Crippen LogP contribution is 2.27. The van der Waals surface area contributed by atoms with E-state index in [0.29, 0.717) is 0 Å². The number of benzene rings is 1. The van der Waals surface area contributed by atoms with Crippen molar-refractivity contribution in [1.82, 2.24) is 19.7 Å². The van der Waals surface area contributed by atoms with Crippen LogP contribution in [-0.2, 0) is 6.54 Å². The van der Waals surface area contributed by atoms with Crippen LogP contribution in [0.2, 0.25) is 0 Å². The van der Waals surface area contributed by atoms with Crippen LogP contribution in [0.25, 0.3) is 5.82 Å². The Labute approximate surface area is 146 Å². The third kappa shape index (κ3) is 2.96. The van der Waals surface area contributed by atoms with Crippen LogP contribution >= 0.6 is 0 Å². The molecule has 3 heterocycles. The van der Waals surface area contributed by atoms with Crippen LogP contribution in [0.15, 0.2) is 48.9 Å². The maximum Gasteiger partial charge on any atom is 0.153 e. The van der Waals surface area contributed by atoms with Gasteiger partial charge in [0.1, 0.15) is 11.6 Å². The Morgan fingerprint density at radius 3 is 2.68 bits per heavy atom. The summed E-state index contributed by atoms with van der Waals surface area (Å²) in [7, 11) is 4.08. The minimum Gasteiger partial charge on any atom is -0.378 e. The molecule has 0 bridgehead atoms. The highest BCUT2D eigenvalue weighted by Gasteiger charge is 2.19. The molecule has 0 fully saturated rings. The Kier molecular flexibility index (Phi) is 3.68. The molecule has 0 saturated heterocycles. The maximum absolute atomic E-state index is 4.48. The van der Waals surface area contributed by atoms with E-state index < -0.39 is 0 Å². The van der Waals surface area contributed by atoms with Gasteiger partial charge in [-0.2, -0.15) is 5.10 Å². The van der Waals surface area contributed by atoms with Crippen LogP contribution in [0.5, 0.6) is 0 Å². The first-order valence-corrected chi connectivity index (χ1v) is 8.17. The molecule has 0 amide bonds. The lowest BCUT2D eigenvalue weighted by Crippen LogP contribution is -2.27. The maximum atomic E-state index is 4.48. The molecule has 7 nitrogen and oxygen atoms in total. The van der Waals surface area contributed by atoms with E-state index in [4.69, 9.17) is 0 Å². The zero-order valence-corrected chi connectivity index (χ0v) is 14.6. The molecule has 7 heteroatoms. The predicted octanol–water partition coefficient (Wildman–Crippen LogP) is 2.87. The summed E-state index contributed by atoms with van der Waals surface area (Å²) in [4.78, 5) is 8.76. The summed E-state index contributed by atoms with van der Waals surface area (Å²) in [6.45, 7) is 2.70. The lowest BCUT2D eigenvalue weighted by molar-refractivity contribution is 0.805. The molecule has 0 saturated carbocycles. The zero-order chi connectivity index (χ0) is 17.4. The van der Waals surface area contributed by atoms with Crippen molar-refractivity contribution in [2.45, 2.75) is 13.5 Å². The number of nitrogens with zero attached hydrogens (tertiary/aromatic N) is 5. The number of hydrogen-bond acceptors (Lipinski definition) is 5. The molecule has 0 unspecified atom stereocenters. The molecule has 1 aliphatic heterocycles. The van der Waals surface area contributed by atoms with Crippen molar-refractivity contribution in [2.75, 3.05) is 29.2 Å². The van der Waals surface area contributed by atoms with E-state index in [1.165, 1.54) is 5.69 Å². The van der Waals surface area contributed by atoms with E-state index >= 15 is 0 Å². The molecular formula is C18H21N7. The summed E-state index contributed by atoms with van der Waals surface area (Å²) in [5.74, 6) is 2.68. The molecule has 2 N–H and O–H groups in total. The van der Waals surface area contributed by atoms with Gasteiger partial charge in [0.25, 0.3) is 0 Å². The fourth-order valence-electron chi connectivity index (χ4n) is 2.89. The van der Waals surface area contributed by atoms with E-state index in [9.17, 15) is 0 Å². The topological polar surface area (TPSA) is 65.0 Å². The number of rotatable bonds is 4. The number of aromatic nitrogens is 4. The Hall–Kier alpha value is -3.22. The SMILES string of the molecule is Cc1cc(NC2=CN(c3ccc(N(C)C)cc3)Cc3nccn32)n[nH]1. The van der Waals surface area contributed by atoms with Gasteiger partial charge in [0, 0.05) is 55.8 Å². The third-order valence-corrected chi connectivity index (χ3v) is 4.23. The van der Waals surface area contributed by atoms with Gasteiger partial charge in [-0.3, -0.25) is 9.67 Å². The van der Waals surface area contributed by atoms with Crippen molar-refractivity contribution in [1.29, 1.82) is 0 Å². The molecule has 2 aromatic heterocycles. The van der Waals surface area contributed by atoms with Gasteiger partial charge in [0.2, 0.25) is 0 Å². The molecule has 1 aromatic carbocycles. The van der Waals surface area contributed by atoms with Crippen LogP contribution in [0, 0.1) is 6.92 Å². The minimum atomic E-state index is 0.721. The molecule has 128 valence electrons. The summed E-state index contributed by atoms with van der Waals surface area (Å²) < 4.78 is 2.05. The number of nitrogens with one attached hydrogen (secondary N) is 2. The number of anilines is 3. The first-order valence-electron chi connectivity index (χ1n) is 8.17. The number of aryl methyl sites for hydroxylation is 1. The summed E-state index contributed by atoms with van der Waals surface area (Å²) in [6, 6.07) is 10.5. The second-order valence-corrected chi connectivity index (χ2v) is 6.33. The number of aromatic amines is 1. The summed E-state index contributed by atoms with van der Waals surface area (Å²) in [6.07, 6.45) is 5.86. The summed E-state index contributed by atoms with van der Waals surface area (Å²) in [5, 5.41) is 10.6. The Balaban J connectivity index is 1.66. The molecule has 25 heavy (non-hydrogen) atoms. The average molecular weight is 335 g/mol. The van der Waals surface area contributed by atoms with E-state index in [1.54, 1.807) is 0 Å². The second-order valence-electron chi connectivity index (χ2n) is 6.33. The predicted molar refractivity (Wildman–Crippen MR) is 100 cm³/mol. The molecule has 0 spiro atoms. The fourth-order valence-corrected chi connectivity index (χ4v) is 2.89. The van der Waals surface area contributed by atoms with Gasteiger partial charge in [-0.1, -0.05) is 0 Å². The van der Waals surface area contributed by atoms with Crippen molar-refractivity contribution in [3.05, 3.63) is 60.4 Å². The fraction of sp³-hybridized carbons (Fsp3) is 0.222. The normalized spacial score (nSPS) is 13.4. The Morgan fingerprint density at radius 2 is 2.00 bits per heavy atom. The van der Waals surface area contributed by atoms with E-state index in [-0.39, 0.29) is 0 Å². The van der Waals surface area contributed by atoms with Crippen LogP contribution < -0.4 is 15.1 Å². The van der Waals surface area contributed by atoms with Gasteiger partial charge in [-0.05, 0) is 31.2 Å². The number of fused-ring (bicyclic) bond motifs is 1. The lowest BCUT2D eigenvalue weighted by atomic mass is 10.2. The molecule has 0 atom stereocenters. The summed E-state index contributed by atoms with van der Waals surface area (Å²) in [5.41, 5.74) is 3.31. The van der Waals surface area contributed by atoms with Crippen LogP contribution in [0.3, 0.4) is 0 Å². The highest BCUT2D eigenvalue weighted by molar-refractivity contribution is 5.69. The van der Waals surface area contributed by atoms with E-state index in [0.717, 1.165) is 35.4 Å². The average Bonchev–Trinajstić information content (AvgIpc) is 3.23. The zero-order valence-electron chi connectivity index (χ0n) is 14.6. The van der Waals surface area contributed by atoms with E-state index in [2.05, 4.69) is 65.3 Å². The molecule has 1 aliphatic rings. The third-order valence-electron chi connectivity index (χ3n) is 4.23. The van der Waals surface area contributed by atoms with Gasteiger partial charge >= 0.3 is 0 Å². The monoisotopic (exact) mass is 335 g/mol. The van der Waals surface area contributed by atoms with Crippen LogP contribution in [0.4, 0.5) is 17.2 Å². The van der Waals surface area contributed by atoms with Crippen molar-refractivity contribution >= 4 is 23.0 Å². The molecule has 0 radical (unpaired) electrons. The standard InChI is InChI=1S/C18H21N7/c1-13-10-16(22-21-13)20-18-12-24(11-17-19-8-9-25(17)18)15-6-4-14(5-7-15)23(2)3/h4-10,12H,11H2,1-3H3,(H2,20,21,22). The smallest absolute Gasteiger partial charge is 0.153 e. The second kappa shape index (κ2) is 6.01. The first-order chi connectivity index (χ1) is 12.1. The quantitative estimate of drug-likeness (QED) is 0.767. The Bertz CT molecular complexity index is 902. The van der Waals surface area contributed by atoms with Gasteiger partial charge < -0.3 is 15.1 Å². The van der Waals surface area contributed by atoms with Crippen molar-refractivity contribution in [2.24, 2.45) is 0 Å². The van der Waals surface area contributed by atoms with Gasteiger partial charge in [0.15, 0.2) is 5.82 Å². The van der Waals surface area contributed by atoms with Crippen LogP contribution in [-0.4, -0.2) is 33.8 Å². The van der Waals surface area contributed by atoms with Crippen molar-refractivity contribution in [3.8, 4) is 0 Å². The molecule has 3 aromatic rings. The lowest BCUT2D eigenvalue weighted by Gasteiger charge is -2.28. The van der Waals surface area contributed by atoms with Gasteiger partial charge in [0.05, 0.1) is 6.54 Å². The first kappa shape index (κ1) is 15.3. The van der Waals surface area contributed by atoms with Crippen molar-refractivity contribution < 1.29 is 0 Å². The van der Waals surface area contributed by atoms with E-state index in [1.807, 2.05) is 39.5 Å².